The Morgan fingerprint density at radius 1 is 1.27 bits per heavy atom. The van der Waals surface area contributed by atoms with Gasteiger partial charge in [0.1, 0.15) is 5.82 Å². The molecule has 26 heavy (non-hydrogen) atoms. The van der Waals surface area contributed by atoms with Gasteiger partial charge in [0, 0.05) is 13.1 Å². The Bertz CT molecular complexity index is 844. The highest BCUT2D eigenvalue weighted by Crippen LogP contribution is 2.13. The van der Waals surface area contributed by atoms with Crippen LogP contribution in [0.4, 0.5) is 5.82 Å². The SMILES string of the molecule is CCOC(=O)c1ncn(CCCCNS(=O)(=O)c2ccc(C)cc2)c1N. The van der Waals surface area contributed by atoms with E-state index in [-0.39, 0.29) is 23.0 Å². The monoisotopic (exact) mass is 380 g/mol. The van der Waals surface area contributed by atoms with Crippen LogP contribution in [0.1, 0.15) is 35.8 Å². The molecule has 142 valence electrons. The van der Waals surface area contributed by atoms with E-state index in [9.17, 15) is 13.2 Å². The Labute approximate surface area is 153 Å². The minimum absolute atomic E-state index is 0.104. The van der Waals surface area contributed by atoms with Crippen LogP contribution in [0, 0.1) is 6.92 Å². The number of hydrogen-bond acceptors (Lipinski definition) is 6. The molecule has 2 rings (SSSR count). The molecule has 8 nitrogen and oxygen atoms in total. The number of sulfonamides is 1. The number of unbranched alkanes of at least 4 members (excludes halogenated alkanes) is 1. The fraction of sp³-hybridized carbons (Fsp3) is 0.412. The van der Waals surface area contributed by atoms with Gasteiger partial charge in [-0.15, -0.1) is 0 Å². The minimum atomic E-state index is -3.50. The summed E-state index contributed by atoms with van der Waals surface area (Å²) in [7, 11) is -3.50. The quantitative estimate of drug-likeness (QED) is 0.505. The predicted octanol–water partition coefficient (Wildman–Crippen LogP) is 1.71. The Morgan fingerprint density at radius 3 is 2.62 bits per heavy atom. The summed E-state index contributed by atoms with van der Waals surface area (Å²) in [4.78, 5) is 15.9. The molecule has 0 amide bonds. The fourth-order valence-electron chi connectivity index (χ4n) is 2.34. The van der Waals surface area contributed by atoms with Crippen LogP contribution >= 0.6 is 0 Å². The van der Waals surface area contributed by atoms with E-state index in [1.807, 2.05) is 6.92 Å². The van der Waals surface area contributed by atoms with Gasteiger partial charge in [-0.1, -0.05) is 17.7 Å². The second-order valence-electron chi connectivity index (χ2n) is 5.81. The number of hydrogen-bond donors (Lipinski definition) is 2. The van der Waals surface area contributed by atoms with Crippen LogP contribution in [0.3, 0.4) is 0 Å². The molecule has 0 aliphatic rings. The number of aryl methyl sites for hydroxylation is 2. The fourth-order valence-corrected chi connectivity index (χ4v) is 3.42. The summed E-state index contributed by atoms with van der Waals surface area (Å²) >= 11 is 0. The van der Waals surface area contributed by atoms with E-state index in [1.165, 1.54) is 6.33 Å². The third-order valence-electron chi connectivity index (χ3n) is 3.80. The van der Waals surface area contributed by atoms with Crippen molar-refractivity contribution < 1.29 is 17.9 Å². The Hall–Kier alpha value is -2.39. The third-order valence-corrected chi connectivity index (χ3v) is 5.27. The lowest BCUT2D eigenvalue weighted by molar-refractivity contribution is 0.0521. The zero-order valence-electron chi connectivity index (χ0n) is 14.9. The molecular formula is C17H24N4O4S. The molecule has 0 saturated carbocycles. The van der Waals surface area contributed by atoms with Gasteiger partial charge in [-0.2, -0.15) is 0 Å². The summed E-state index contributed by atoms with van der Waals surface area (Å²) in [5.74, 6) is -0.293. The summed E-state index contributed by atoms with van der Waals surface area (Å²) in [6.07, 6.45) is 2.79. The molecule has 9 heteroatoms. The molecule has 2 aromatic rings. The lowest BCUT2D eigenvalue weighted by atomic mass is 10.2. The van der Waals surface area contributed by atoms with Crippen LogP contribution < -0.4 is 10.5 Å². The van der Waals surface area contributed by atoms with Crippen molar-refractivity contribution >= 4 is 21.8 Å². The molecule has 0 aliphatic carbocycles. The summed E-state index contributed by atoms with van der Waals surface area (Å²) in [5.41, 5.74) is 7.00. The largest absolute Gasteiger partial charge is 0.461 e. The summed E-state index contributed by atoms with van der Waals surface area (Å²) in [6, 6.07) is 6.69. The van der Waals surface area contributed by atoms with Crippen LogP contribution in [0.25, 0.3) is 0 Å². The standard InChI is InChI=1S/C17H24N4O4S/c1-3-25-17(22)15-16(18)21(12-19-15)11-5-4-10-20-26(23,24)14-8-6-13(2)7-9-14/h6-9,12,20H,3-5,10-11,18H2,1-2H3. The molecule has 0 aliphatic heterocycles. The van der Waals surface area contributed by atoms with E-state index in [1.54, 1.807) is 35.8 Å². The number of benzene rings is 1. The number of nitrogens with one attached hydrogen (secondary N) is 1. The number of nitrogen functional groups attached to an aromatic ring is 1. The van der Waals surface area contributed by atoms with E-state index in [2.05, 4.69) is 9.71 Å². The number of aromatic nitrogens is 2. The van der Waals surface area contributed by atoms with Crippen LogP contribution in [0.5, 0.6) is 0 Å². The maximum absolute atomic E-state index is 12.2. The van der Waals surface area contributed by atoms with Gasteiger partial charge in [-0.05, 0) is 38.8 Å². The number of ether oxygens (including phenoxy) is 1. The first-order chi connectivity index (χ1) is 12.3. The van der Waals surface area contributed by atoms with Gasteiger partial charge >= 0.3 is 5.97 Å². The number of nitrogens with two attached hydrogens (primary N) is 1. The van der Waals surface area contributed by atoms with Crippen molar-refractivity contribution in [3.05, 3.63) is 41.9 Å². The van der Waals surface area contributed by atoms with Gasteiger partial charge in [0.25, 0.3) is 0 Å². The van der Waals surface area contributed by atoms with Gasteiger partial charge in [0.05, 0.1) is 17.8 Å². The first kappa shape index (κ1) is 19.9. The van der Waals surface area contributed by atoms with E-state index in [0.29, 0.717) is 25.9 Å². The van der Waals surface area contributed by atoms with Gasteiger partial charge in [0.15, 0.2) is 5.69 Å². The number of rotatable bonds is 9. The van der Waals surface area contributed by atoms with Crippen molar-refractivity contribution in [3.63, 3.8) is 0 Å². The average molecular weight is 380 g/mol. The van der Waals surface area contributed by atoms with E-state index < -0.39 is 16.0 Å². The topological polar surface area (TPSA) is 116 Å². The molecule has 0 spiro atoms. The number of nitrogens with zero attached hydrogens (tertiary/aromatic N) is 2. The zero-order chi connectivity index (χ0) is 19.2. The average Bonchev–Trinajstić information content (AvgIpc) is 2.96. The highest BCUT2D eigenvalue weighted by molar-refractivity contribution is 7.89. The summed E-state index contributed by atoms with van der Waals surface area (Å²) < 4.78 is 33.5. The Kier molecular flexibility index (Phi) is 6.76. The van der Waals surface area contributed by atoms with Crippen molar-refractivity contribution in [1.29, 1.82) is 0 Å². The Morgan fingerprint density at radius 2 is 1.96 bits per heavy atom. The molecule has 0 unspecified atom stereocenters. The molecule has 0 bridgehead atoms. The normalized spacial score (nSPS) is 11.5. The number of carbonyl (C=O) groups excluding carboxylic acids is 1. The number of carbonyl (C=O) groups is 1. The second kappa shape index (κ2) is 8.81. The molecule has 1 heterocycles. The molecule has 0 fully saturated rings. The summed E-state index contributed by atoms with van der Waals surface area (Å²) in [6.45, 7) is 4.72. The molecule has 1 aromatic carbocycles. The number of anilines is 1. The maximum atomic E-state index is 12.2. The smallest absolute Gasteiger partial charge is 0.360 e. The minimum Gasteiger partial charge on any atom is -0.461 e. The highest BCUT2D eigenvalue weighted by atomic mass is 32.2. The van der Waals surface area contributed by atoms with Crippen molar-refractivity contribution in [1.82, 2.24) is 14.3 Å². The lowest BCUT2D eigenvalue weighted by Crippen LogP contribution is -2.25. The van der Waals surface area contributed by atoms with Crippen molar-refractivity contribution in [2.24, 2.45) is 0 Å². The number of imidazole rings is 1. The molecule has 1 aromatic heterocycles. The van der Waals surface area contributed by atoms with Crippen molar-refractivity contribution in [3.8, 4) is 0 Å². The maximum Gasteiger partial charge on any atom is 0.360 e. The molecule has 0 saturated heterocycles. The number of esters is 1. The third kappa shape index (κ3) is 5.06. The first-order valence-electron chi connectivity index (χ1n) is 8.39. The second-order valence-corrected chi connectivity index (χ2v) is 7.58. The van der Waals surface area contributed by atoms with Crippen LogP contribution in [-0.4, -0.2) is 37.1 Å². The predicted molar refractivity (Wildman–Crippen MR) is 98.2 cm³/mol. The Balaban J connectivity index is 1.80. The highest BCUT2D eigenvalue weighted by Gasteiger charge is 2.16. The van der Waals surface area contributed by atoms with Gasteiger partial charge in [-0.3, -0.25) is 0 Å². The molecule has 3 N–H and O–H groups in total. The zero-order valence-corrected chi connectivity index (χ0v) is 15.8. The molecule has 0 radical (unpaired) electrons. The van der Waals surface area contributed by atoms with Crippen LogP contribution in [0.15, 0.2) is 35.5 Å². The van der Waals surface area contributed by atoms with Gasteiger partial charge in [0.2, 0.25) is 10.0 Å². The van der Waals surface area contributed by atoms with E-state index >= 15 is 0 Å². The molecule has 0 atom stereocenters. The molecular weight excluding hydrogens is 356 g/mol. The van der Waals surface area contributed by atoms with Crippen LogP contribution in [0.2, 0.25) is 0 Å². The van der Waals surface area contributed by atoms with Gasteiger partial charge < -0.3 is 15.0 Å². The van der Waals surface area contributed by atoms with Crippen LogP contribution in [-0.2, 0) is 21.3 Å². The van der Waals surface area contributed by atoms with Crippen molar-refractivity contribution in [2.75, 3.05) is 18.9 Å². The van der Waals surface area contributed by atoms with Crippen molar-refractivity contribution in [2.45, 2.75) is 38.1 Å². The summed E-state index contributed by atoms with van der Waals surface area (Å²) in [5, 5.41) is 0. The van der Waals surface area contributed by atoms with E-state index in [4.69, 9.17) is 10.5 Å². The lowest BCUT2D eigenvalue weighted by Gasteiger charge is -2.08. The van der Waals surface area contributed by atoms with E-state index in [0.717, 1.165) is 5.56 Å². The van der Waals surface area contributed by atoms with Gasteiger partial charge in [-0.25, -0.2) is 22.9 Å². The first-order valence-corrected chi connectivity index (χ1v) is 9.87.